The Bertz CT molecular complexity index is 394. The van der Waals surface area contributed by atoms with Gasteiger partial charge in [-0.05, 0) is 49.3 Å². The molecule has 0 radical (unpaired) electrons. The maximum absolute atomic E-state index is 13.4. The Balaban J connectivity index is 2.09. The van der Waals surface area contributed by atoms with Gasteiger partial charge in [-0.25, -0.2) is 4.39 Å². The van der Waals surface area contributed by atoms with Gasteiger partial charge in [-0.1, -0.05) is 13.3 Å². The number of hydrogen-bond donors (Lipinski definition) is 0. The summed E-state index contributed by atoms with van der Waals surface area (Å²) in [6, 6.07) is 4.76. The first kappa shape index (κ1) is 13.7. The van der Waals surface area contributed by atoms with Gasteiger partial charge in [0.2, 0.25) is 0 Å². The molecule has 1 aliphatic rings. The Morgan fingerprint density at radius 3 is 2.78 bits per heavy atom. The average Bonchev–Trinajstić information content (AvgIpc) is 2.38. The molecule has 0 heterocycles. The molecule has 0 aromatic heterocycles. The molecule has 0 saturated heterocycles. The number of benzene rings is 1. The third kappa shape index (κ3) is 3.38. The van der Waals surface area contributed by atoms with E-state index in [2.05, 4.69) is 6.92 Å². The molecule has 1 aliphatic carbocycles. The van der Waals surface area contributed by atoms with Crippen LogP contribution in [0.2, 0.25) is 0 Å². The van der Waals surface area contributed by atoms with E-state index < -0.39 is 0 Å². The van der Waals surface area contributed by atoms with Crippen LogP contribution < -0.4 is 4.74 Å². The van der Waals surface area contributed by atoms with Crippen molar-refractivity contribution in [1.82, 2.24) is 0 Å². The van der Waals surface area contributed by atoms with E-state index in [1.54, 1.807) is 0 Å². The van der Waals surface area contributed by atoms with Gasteiger partial charge < -0.3 is 4.74 Å². The SMILES string of the molecule is CCC1CCCCC1Oc1cc(F)cc(CCl)c1. The summed E-state index contributed by atoms with van der Waals surface area (Å²) in [5, 5.41) is 0. The molecule has 2 unspecified atom stereocenters. The molecule has 18 heavy (non-hydrogen) atoms. The summed E-state index contributed by atoms with van der Waals surface area (Å²) in [5.41, 5.74) is 0.774. The van der Waals surface area contributed by atoms with Gasteiger partial charge in [-0.3, -0.25) is 0 Å². The molecule has 0 amide bonds. The molecule has 1 aromatic carbocycles. The third-order valence-electron chi connectivity index (χ3n) is 3.74. The first-order valence-corrected chi connectivity index (χ1v) is 7.28. The minimum Gasteiger partial charge on any atom is -0.490 e. The smallest absolute Gasteiger partial charge is 0.127 e. The number of ether oxygens (including phenoxy) is 1. The lowest BCUT2D eigenvalue weighted by molar-refractivity contribution is 0.0900. The van der Waals surface area contributed by atoms with E-state index in [9.17, 15) is 4.39 Å². The van der Waals surface area contributed by atoms with E-state index in [1.165, 1.54) is 31.4 Å². The summed E-state index contributed by atoms with van der Waals surface area (Å²) >= 11 is 5.75. The van der Waals surface area contributed by atoms with Crippen LogP contribution in [0.1, 0.15) is 44.6 Å². The highest BCUT2D eigenvalue weighted by atomic mass is 35.5. The highest BCUT2D eigenvalue weighted by Crippen LogP contribution is 2.31. The topological polar surface area (TPSA) is 9.23 Å². The molecule has 2 rings (SSSR count). The molecule has 1 saturated carbocycles. The summed E-state index contributed by atoms with van der Waals surface area (Å²) in [4.78, 5) is 0. The lowest BCUT2D eigenvalue weighted by atomic mass is 9.85. The van der Waals surface area contributed by atoms with Crippen LogP contribution in [0.5, 0.6) is 5.75 Å². The molecule has 2 atom stereocenters. The van der Waals surface area contributed by atoms with Crippen LogP contribution in [0, 0.1) is 11.7 Å². The Labute approximate surface area is 113 Å². The first-order chi connectivity index (χ1) is 8.72. The highest BCUT2D eigenvalue weighted by molar-refractivity contribution is 6.17. The van der Waals surface area contributed by atoms with Crippen molar-refractivity contribution in [1.29, 1.82) is 0 Å². The summed E-state index contributed by atoms with van der Waals surface area (Å²) in [6.07, 6.45) is 6.15. The molecule has 1 fully saturated rings. The fraction of sp³-hybridized carbons (Fsp3) is 0.600. The largest absolute Gasteiger partial charge is 0.490 e. The standard InChI is InChI=1S/C15H20ClFO/c1-2-12-5-3-4-6-15(12)18-14-8-11(10-16)7-13(17)9-14/h7-9,12,15H,2-6,10H2,1H3. The number of halogens is 2. The van der Waals surface area contributed by atoms with Crippen molar-refractivity contribution in [2.24, 2.45) is 5.92 Å². The van der Waals surface area contributed by atoms with Gasteiger partial charge >= 0.3 is 0 Å². The molecule has 0 spiro atoms. The zero-order chi connectivity index (χ0) is 13.0. The second kappa shape index (κ2) is 6.42. The molecule has 3 heteroatoms. The van der Waals surface area contributed by atoms with Gasteiger partial charge in [0.05, 0.1) is 0 Å². The van der Waals surface area contributed by atoms with Gasteiger partial charge in [0.15, 0.2) is 0 Å². The van der Waals surface area contributed by atoms with Crippen molar-refractivity contribution in [3.05, 3.63) is 29.6 Å². The van der Waals surface area contributed by atoms with Crippen LogP contribution in [-0.2, 0) is 5.88 Å². The lowest BCUT2D eigenvalue weighted by Gasteiger charge is -2.31. The quantitative estimate of drug-likeness (QED) is 0.706. The van der Waals surface area contributed by atoms with Gasteiger partial charge in [0.1, 0.15) is 17.7 Å². The third-order valence-corrected chi connectivity index (χ3v) is 4.05. The summed E-state index contributed by atoms with van der Waals surface area (Å²) in [5.74, 6) is 1.26. The normalized spacial score (nSPS) is 23.9. The zero-order valence-corrected chi connectivity index (χ0v) is 11.5. The Kier molecular flexibility index (Phi) is 4.87. The second-order valence-electron chi connectivity index (χ2n) is 5.04. The zero-order valence-electron chi connectivity index (χ0n) is 10.8. The van der Waals surface area contributed by atoms with E-state index >= 15 is 0 Å². The van der Waals surface area contributed by atoms with Crippen LogP contribution in [0.15, 0.2) is 18.2 Å². The summed E-state index contributed by atoms with van der Waals surface area (Å²) in [6.45, 7) is 2.20. The predicted molar refractivity (Wildman–Crippen MR) is 72.6 cm³/mol. The average molecular weight is 271 g/mol. The van der Waals surface area contributed by atoms with E-state index in [-0.39, 0.29) is 11.9 Å². The van der Waals surface area contributed by atoms with E-state index in [0.29, 0.717) is 17.5 Å². The maximum Gasteiger partial charge on any atom is 0.127 e. The minimum atomic E-state index is -0.271. The molecular weight excluding hydrogens is 251 g/mol. The van der Waals surface area contributed by atoms with E-state index in [4.69, 9.17) is 16.3 Å². The highest BCUT2D eigenvalue weighted by Gasteiger charge is 2.25. The minimum absolute atomic E-state index is 0.230. The summed E-state index contributed by atoms with van der Waals surface area (Å²) < 4.78 is 19.4. The van der Waals surface area contributed by atoms with Gasteiger partial charge in [0, 0.05) is 11.9 Å². The van der Waals surface area contributed by atoms with Crippen molar-refractivity contribution in [2.45, 2.75) is 51.0 Å². The van der Waals surface area contributed by atoms with E-state index in [0.717, 1.165) is 18.4 Å². The van der Waals surface area contributed by atoms with Crippen LogP contribution in [0.25, 0.3) is 0 Å². The Morgan fingerprint density at radius 2 is 2.06 bits per heavy atom. The molecule has 100 valence electrons. The van der Waals surface area contributed by atoms with Crippen LogP contribution in [0.4, 0.5) is 4.39 Å². The second-order valence-corrected chi connectivity index (χ2v) is 5.31. The molecular formula is C15H20ClFO. The van der Waals surface area contributed by atoms with Crippen LogP contribution in [-0.4, -0.2) is 6.10 Å². The number of hydrogen-bond acceptors (Lipinski definition) is 1. The van der Waals surface area contributed by atoms with Gasteiger partial charge in [-0.2, -0.15) is 0 Å². The Hall–Kier alpha value is -0.760. The molecule has 1 nitrogen and oxygen atoms in total. The first-order valence-electron chi connectivity index (χ1n) is 6.75. The summed E-state index contributed by atoms with van der Waals surface area (Å²) in [7, 11) is 0. The lowest BCUT2D eigenvalue weighted by Crippen LogP contribution is -2.29. The molecule has 1 aromatic rings. The number of rotatable bonds is 4. The van der Waals surface area contributed by atoms with Crippen molar-refractivity contribution >= 4 is 11.6 Å². The monoisotopic (exact) mass is 270 g/mol. The van der Waals surface area contributed by atoms with E-state index in [1.807, 2.05) is 6.07 Å². The fourth-order valence-electron chi connectivity index (χ4n) is 2.74. The van der Waals surface area contributed by atoms with Crippen LogP contribution in [0.3, 0.4) is 0 Å². The molecule has 0 aliphatic heterocycles. The molecule has 0 bridgehead atoms. The fourth-order valence-corrected chi connectivity index (χ4v) is 2.89. The van der Waals surface area contributed by atoms with Crippen LogP contribution >= 0.6 is 11.6 Å². The predicted octanol–water partition coefficient (Wildman–Crippen LogP) is 4.91. The molecule has 0 N–H and O–H groups in total. The number of alkyl halides is 1. The van der Waals surface area contributed by atoms with Crippen molar-refractivity contribution < 1.29 is 9.13 Å². The van der Waals surface area contributed by atoms with Crippen molar-refractivity contribution in [3.63, 3.8) is 0 Å². The maximum atomic E-state index is 13.4. The van der Waals surface area contributed by atoms with Gasteiger partial charge in [0.25, 0.3) is 0 Å². The van der Waals surface area contributed by atoms with Gasteiger partial charge in [-0.15, -0.1) is 11.6 Å². The van der Waals surface area contributed by atoms with Crippen molar-refractivity contribution in [3.8, 4) is 5.75 Å². The van der Waals surface area contributed by atoms with Crippen molar-refractivity contribution in [2.75, 3.05) is 0 Å². The Morgan fingerprint density at radius 1 is 1.28 bits per heavy atom.